The van der Waals surface area contributed by atoms with E-state index in [9.17, 15) is 0 Å². The maximum absolute atomic E-state index is 15.1. The number of nitrogens with one attached hydrogen (secondary N) is 2. The molecule has 1 unspecified atom stereocenters. The molecule has 2 aromatic rings. The van der Waals surface area contributed by atoms with Gasteiger partial charge >= 0.3 is 0 Å². The average Bonchev–Trinajstić information content (AvgIpc) is 2.70. The quantitative estimate of drug-likeness (QED) is 0.678. The van der Waals surface area contributed by atoms with Gasteiger partial charge in [-0.25, -0.2) is 4.39 Å². The van der Waals surface area contributed by atoms with Gasteiger partial charge in [0.2, 0.25) is 0 Å². The van der Waals surface area contributed by atoms with Gasteiger partial charge in [-0.15, -0.1) is 0 Å². The molecule has 0 bridgehead atoms. The highest BCUT2D eigenvalue weighted by Gasteiger charge is 2.25. The van der Waals surface area contributed by atoms with Gasteiger partial charge in [0, 0.05) is 30.5 Å². The summed E-state index contributed by atoms with van der Waals surface area (Å²) < 4.78 is 15.1. The van der Waals surface area contributed by atoms with Gasteiger partial charge in [-0.05, 0) is 57.5 Å². The minimum absolute atomic E-state index is 0.231. The first-order valence-corrected chi connectivity index (χ1v) is 10.0. The minimum atomic E-state index is -0.420. The van der Waals surface area contributed by atoms with Crippen LogP contribution >= 0.6 is 0 Å². The Morgan fingerprint density at radius 2 is 1.93 bits per heavy atom. The Morgan fingerprint density at radius 1 is 1.21 bits per heavy atom. The predicted octanol–water partition coefficient (Wildman–Crippen LogP) is 4.75. The monoisotopic (exact) mass is 383 g/mol. The lowest BCUT2D eigenvalue weighted by atomic mass is 9.79. The maximum atomic E-state index is 15.1. The van der Waals surface area contributed by atoms with Crippen LogP contribution < -0.4 is 10.6 Å². The number of likely N-dealkylation sites (N-methyl/N-ethyl adjacent to an activating group) is 1. The number of benzene rings is 1. The Bertz CT molecular complexity index is 815. The molecule has 1 fully saturated rings. The molecule has 0 radical (unpaired) electrons. The van der Waals surface area contributed by atoms with Crippen molar-refractivity contribution in [3.8, 4) is 11.3 Å². The topological polar surface area (TPSA) is 62.2 Å². The van der Waals surface area contributed by atoms with Crippen LogP contribution in [0, 0.1) is 24.6 Å². The van der Waals surface area contributed by atoms with Crippen LogP contribution in [0.2, 0.25) is 0 Å². The number of hydrogen-bond donors (Lipinski definition) is 2. The van der Waals surface area contributed by atoms with E-state index in [4.69, 9.17) is 0 Å². The molecule has 150 valence electrons. The molecule has 1 aliphatic carbocycles. The van der Waals surface area contributed by atoms with E-state index in [0.717, 1.165) is 12.5 Å². The number of aliphatic imine (C=N–C) groups is 1. The van der Waals surface area contributed by atoms with Gasteiger partial charge < -0.3 is 10.6 Å². The zero-order valence-corrected chi connectivity index (χ0v) is 17.0. The van der Waals surface area contributed by atoms with E-state index < -0.39 is 5.82 Å². The van der Waals surface area contributed by atoms with Gasteiger partial charge in [0.05, 0.1) is 17.1 Å². The first kappa shape index (κ1) is 20.4. The van der Waals surface area contributed by atoms with Gasteiger partial charge in [-0.3, -0.25) is 15.0 Å². The second-order valence-corrected chi connectivity index (χ2v) is 7.77. The summed E-state index contributed by atoms with van der Waals surface area (Å²) in [6.45, 7) is 8.44. The van der Waals surface area contributed by atoms with E-state index in [-0.39, 0.29) is 5.69 Å². The fourth-order valence-corrected chi connectivity index (χ4v) is 4.13. The van der Waals surface area contributed by atoms with Crippen molar-refractivity contribution in [1.82, 2.24) is 15.3 Å². The molecule has 1 heterocycles. The normalized spacial score (nSPS) is 20.6. The molecule has 0 amide bonds. The highest BCUT2D eigenvalue weighted by Crippen LogP contribution is 2.36. The molecule has 1 saturated carbocycles. The van der Waals surface area contributed by atoms with Crippen LogP contribution in [0.3, 0.4) is 0 Å². The largest absolute Gasteiger partial charge is 0.382 e. The van der Waals surface area contributed by atoms with Crippen LogP contribution in [0.5, 0.6) is 0 Å². The first-order valence-electron chi connectivity index (χ1n) is 10.0. The van der Waals surface area contributed by atoms with E-state index in [0.29, 0.717) is 34.6 Å². The van der Waals surface area contributed by atoms with Crippen molar-refractivity contribution in [3.05, 3.63) is 36.0 Å². The second-order valence-electron chi connectivity index (χ2n) is 7.77. The lowest BCUT2D eigenvalue weighted by Gasteiger charge is -2.33. The van der Waals surface area contributed by atoms with E-state index >= 15 is 4.39 Å². The molecule has 5 nitrogen and oxygen atoms in total. The smallest absolute Gasteiger partial charge is 0.160 e. The van der Waals surface area contributed by atoms with Crippen molar-refractivity contribution in [2.45, 2.75) is 45.6 Å². The Hall–Kier alpha value is -2.34. The molecule has 1 aromatic carbocycles. The van der Waals surface area contributed by atoms with Crippen LogP contribution in [-0.2, 0) is 0 Å². The number of aryl methyl sites for hydroxylation is 1. The number of hydrogen-bond acceptors (Lipinski definition) is 5. The lowest BCUT2D eigenvalue weighted by molar-refractivity contribution is 0.242. The summed E-state index contributed by atoms with van der Waals surface area (Å²) in [7, 11) is 2.00. The second kappa shape index (κ2) is 9.24. The number of halogens is 1. The average molecular weight is 384 g/mol. The standard InChI is InChI=1S/C22H30FN5/c1-14-5-7-16(8-6-14)19(24-3)13-28-18-10-9-17(20(23)22(18)25-4)21-15(2)26-11-12-27-21/h9-12,14,16,19,24,28H,4-8,13H2,1-3H3. The summed E-state index contributed by atoms with van der Waals surface area (Å²) in [5.41, 5.74) is 2.49. The lowest BCUT2D eigenvalue weighted by Crippen LogP contribution is -2.41. The molecule has 0 spiro atoms. The van der Waals surface area contributed by atoms with Crippen molar-refractivity contribution in [2.24, 2.45) is 16.8 Å². The zero-order chi connectivity index (χ0) is 20.1. The van der Waals surface area contributed by atoms with Gasteiger partial charge in [0.25, 0.3) is 0 Å². The number of rotatable bonds is 7. The van der Waals surface area contributed by atoms with Gasteiger partial charge in [0.15, 0.2) is 5.82 Å². The van der Waals surface area contributed by atoms with Crippen molar-refractivity contribution >= 4 is 18.1 Å². The Balaban J connectivity index is 1.78. The zero-order valence-electron chi connectivity index (χ0n) is 17.0. The van der Waals surface area contributed by atoms with E-state index in [2.05, 4.69) is 39.2 Å². The molecule has 1 atom stereocenters. The van der Waals surface area contributed by atoms with E-state index in [1.807, 2.05) is 20.0 Å². The maximum Gasteiger partial charge on any atom is 0.160 e. The fraction of sp³-hybridized carbons (Fsp3) is 0.500. The Labute approximate surface area is 166 Å². The summed E-state index contributed by atoms with van der Waals surface area (Å²) >= 11 is 0. The molecule has 1 aromatic heterocycles. The van der Waals surface area contributed by atoms with Crippen LogP contribution in [0.1, 0.15) is 38.3 Å². The molecule has 0 saturated heterocycles. The molecular formula is C22H30FN5. The SMILES string of the molecule is C=Nc1c(NCC(NC)C2CCC(C)CC2)ccc(-c2nccnc2C)c1F. The molecule has 28 heavy (non-hydrogen) atoms. The minimum Gasteiger partial charge on any atom is -0.382 e. The van der Waals surface area contributed by atoms with Crippen molar-refractivity contribution < 1.29 is 4.39 Å². The fourth-order valence-electron chi connectivity index (χ4n) is 4.13. The number of nitrogens with zero attached hydrogens (tertiary/aromatic N) is 3. The molecule has 2 N–H and O–H groups in total. The summed E-state index contributed by atoms with van der Waals surface area (Å²) in [6.07, 6.45) is 8.20. The van der Waals surface area contributed by atoms with Gasteiger partial charge in [-0.1, -0.05) is 19.8 Å². The third kappa shape index (κ3) is 4.38. The first-order chi connectivity index (χ1) is 13.5. The summed E-state index contributed by atoms with van der Waals surface area (Å²) in [5, 5.41) is 6.82. The molecule has 0 aliphatic heterocycles. The Kier molecular flexibility index (Phi) is 6.73. The number of aromatic nitrogens is 2. The van der Waals surface area contributed by atoms with Crippen molar-refractivity contribution in [3.63, 3.8) is 0 Å². The highest BCUT2D eigenvalue weighted by molar-refractivity contribution is 5.77. The predicted molar refractivity (Wildman–Crippen MR) is 114 cm³/mol. The van der Waals surface area contributed by atoms with Gasteiger partial charge in [-0.2, -0.15) is 0 Å². The van der Waals surface area contributed by atoms with Crippen molar-refractivity contribution in [1.29, 1.82) is 0 Å². The van der Waals surface area contributed by atoms with Crippen LogP contribution in [0.4, 0.5) is 15.8 Å². The third-order valence-corrected chi connectivity index (χ3v) is 5.92. The van der Waals surface area contributed by atoms with Crippen molar-refractivity contribution in [2.75, 3.05) is 18.9 Å². The molecule has 6 heteroatoms. The Morgan fingerprint density at radius 3 is 2.57 bits per heavy atom. The van der Waals surface area contributed by atoms with E-state index in [1.165, 1.54) is 25.7 Å². The summed E-state index contributed by atoms with van der Waals surface area (Å²) in [5.74, 6) is 1.04. The highest BCUT2D eigenvalue weighted by atomic mass is 19.1. The van der Waals surface area contributed by atoms with Crippen LogP contribution in [0.25, 0.3) is 11.3 Å². The summed E-state index contributed by atoms with van der Waals surface area (Å²) in [4.78, 5) is 12.4. The summed E-state index contributed by atoms with van der Waals surface area (Å²) in [6, 6.07) is 3.93. The van der Waals surface area contributed by atoms with Gasteiger partial charge in [0.1, 0.15) is 5.69 Å². The molecule has 3 rings (SSSR count). The van der Waals surface area contributed by atoms with Crippen LogP contribution in [0.15, 0.2) is 29.5 Å². The molecular weight excluding hydrogens is 353 g/mol. The third-order valence-electron chi connectivity index (χ3n) is 5.92. The number of anilines is 1. The van der Waals surface area contributed by atoms with E-state index in [1.54, 1.807) is 18.5 Å². The molecule has 1 aliphatic rings. The van der Waals surface area contributed by atoms with Crippen LogP contribution in [-0.4, -0.2) is 36.3 Å².